The van der Waals surface area contributed by atoms with Gasteiger partial charge in [0.1, 0.15) is 5.82 Å². The second-order valence-corrected chi connectivity index (χ2v) is 5.11. The zero-order valence-corrected chi connectivity index (χ0v) is 10.8. The zero-order chi connectivity index (χ0) is 13.1. The molecule has 1 fully saturated rings. The van der Waals surface area contributed by atoms with Gasteiger partial charge in [-0.3, -0.25) is 5.32 Å². The van der Waals surface area contributed by atoms with Gasteiger partial charge in [0.2, 0.25) is 0 Å². The fraction of sp³-hybridized carbons (Fsp3) is 0.667. The average molecular weight is 252 g/mol. The molecule has 2 amide bonds. The molecule has 0 bridgehead atoms. The topological polar surface area (TPSA) is 70.4 Å². The van der Waals surface area contributed by atoms with E-state index in [4.69, 9.17) is 0 Å². The minimum atomic E-state index is -0.392. The second-order valence-electron chi connectivity index (χ2n) is 5.11. The van der Waals surface area contributed by atoms with Gasteiger partial charge in [0.05, 0.1) is 12.3 Å². The standard InChI is InChI=1S/C12H20N4O2/c1-9(2)7-16-11(3-5-13-16)14-12(18)15-6-4-10(17)8-15/h3,5,9-10,17H,4,6-8H2,1-2H3,(H,14,18)/t10-/m0/s1. The van der Waals surface area contributed by atoms with Gasteiger partial charge in [0.25, 0.3) is 0 Å². The number of aliphatic hydroxyl groups is 1. The van der Waals surface area contributed by atoms with E-state index in [1.54, 1.807) is 21.8 Å². The number of nitrogens with zero attached hydrogens (tertiary/aromatic N) is 3. The van der Waals surface area contributed by atoms with Crippen LogP contribution < -0.4 is 5.32 Å². The van der Waals surface area contributed by atoms with Crippen LogP contribution in [0.3, 0.4) is 0 Å². The summed E-state index contributed by atoms with van der Waals surface area (Å²) in [5, 5.41) is 16.4. The van der Waals surface area contributed by atoms with Gasteiger partial charge in [-0.1, -0.05) is 13.8 Å². The van der Waals surface area contributed by atoms with E-state index >= 15 is 0 Å². The Bertz CT molecular complexity index is 416. The van der Waals surface area contributed by atoms with Crippen molar-refractivity contribution in [3.63, 3.8) is 0 Å². The summed E-state index contributed by atoms with van der Waals surface area (Å²) >= 11 is 0. The van der Waals surface area contributed by atoms with E-state index in [1.807, 2.05) is 0 Å². The first kappa shape index (κ1) is 12.9. The van der Waals surface area contributed by atoms with Crippen molar-refractivity contribution < 1.29 is 9.90 Å². The molecule has 0 aromatic carbocycles. The summed E-state index contributed by atoms with van der Waals surface area (Å²) in [6.07, 6.45) is 1.94. The molecule has 18 heavy (non-hydrogen) atoms. The number of hydrogen-bond acceptors (Lipinski definition) is 3. The van der Waals surface area contributed by atoms with Crippen LogP contribution in [-0.2, 0) is 6.54 Å². The molecule has 2 heterocycles. The number of likely N-dealkylation sites (tertiary alicyclic amines) is 1. The van der Waals surface area contributed by atoms with Crippen LogP contribution in [0.4, 0.5) is 10.6 Å². The van der Waals surface area contributed by atoms with E-state index in [9.17, 15) is 9.90 Å². The molecule has 2 N–H and O–H groups in total. The maximum absolute atomic E-state index is 12.0. The number of amides is 2. The van der Waals surface area contributed by atoms with Crippen LogP contribution in [0.25, 0.3) is 0 Å². The zero-order valence-electron chi connectivity index (χ0n) is 10.8. The van der Waals surface area contributed by atoms with Crippen LogP contribution in [-0.4, -0.2) is 45.0 Å². The van der Waals surface area contributed by atoms with Crippen molar-refractivity contribution in [1.82, 2.24) is 14.7 Å². The second kappa shape index (κ2) is 5.39. The third-order valence-electron chi connectivity index (χ3n) is 2.94. The number of rotatable bonds is 3. The van der Waals surface area contributed by atoms with Gasteiger partial charge >= 0.3 is 6.03 Å². The monoisotopic (exact) mass is 252 g/mol. The highest BCUT2D eigenvalue weighted by Crippen LogP contribution is 2.13. The summed E-state index contributed by atoms with van der Waals surface area (Å²) in [5.41, 5.74) is 0. The fourth-order valence-corrected chi connectivity index (χ4v) is 2.05. The SMILES string of the molecule is CC(C)Cn1nccc1NC(=O)N1CC[C@H](O)C1. The van der Waals surface area contributed by atoms with Crippen LogP contribution in [0.2, 0.25) is 0 Å². The normalized spacial score (nSPS) is 19.6. The Hall–Kier alpha value is -1.56. The molecule has 0 aliphatic carbocycles. The van der Waals surface area contributed by atoms with Crippen molar-refractivity contribution in [2.24, 2.45) is 5.92 Å². The molecule has 1 aliphatic heterocycles. The summed E-state index contributed by atoms with van der Waals surface area (Å²) in [4.78, 5) is 13.6. The summed E-state index contributed by atoms with van der Waals surface area (Å²) in [5.74, 6) is 1.17. The molecule has 0 saturated carbocycles. The van der Waals surface area contributed by atoms with Crippen molar-refractivity contribution in [2.75, 3.05) is 18.4 Å². The first-order valence-corrected chi connectivity index (χ1v) is 6.32. The molecular formula is C12H20N4O2. The number of urea groups is 1. The molecule has 1 aliphatic rings. The highest BCUT2D eigenvalue weighted by atomic mass is 16.3. The predicted molar refractivity (Wildman–Crippen MR) is 68.3 cm³/mol. The van der Waals surface area contributed by atoms with Crippen LogP contribution in [0, 0.1) is 5.92 Å². The van der Waals surface area contributed by atoms with Crippen LogP contribution in [0.1, 0.15) is 20.3 Å². The van der Waals surface area contributed by atoms with Gasteiger partial charge in [-0.2, -0.15) is 5.10 Å². The van der Waals surface area contributed by atoms with Crippen molar-refractivity contribution in [3.05, 3.63) is 12.3 Å². The average Bonchev–Trinajstić information content (AvgIpc) is 2.88. The predicted octanol–water partition coefficient (Wildman–Crippen LogP) is 1.14. The van der Waals surface area contributed by atoms with Crippen molar-refractivity contribution >= 4 is 11.8 Å². The van der Waals surface area contributed by atoms with Gasteiger partial charge < -0.3 is 10.0 Å². The Kier molecular flexibility index (Phi) is 3.86. The lowest BCUT2D eigenvalue weighted by Crippen LogP contribution is -2.34. The van der Waals surface area contributed by atoms with Gasteiger partial charge in [-0.15, -0.1) is 0 Å². The molecular weight excluding hydrogens is 232 g/mol. The Morgan fingerprint density at radius 1 is 1.67 bits per heavy atom. The minimum Gasteiger partial charge on any atom is -0.391 e. The van der Waals surface area contributed by atoms with Crippen molar-refractivity contribution in [3.8, 4) is 0 Å². The molecule has 1 atom stereocenters. The van der Waals surface area contributed by atoms with E-state index in [0.717, 1.165) is 6.54 Å². The Balaban J connectivity index is 1.96. The van der Waals surface area contributed by atoms with Gasteiger partial charge in [0.15, 0.2) is 0 Å². The molecule has 0 radical (unpaired) electrons. The lowest BCUT2D eigenvalue weighted by molar-refractivity contribution is 0.176. The summed E-state index contributed by atoms with van der Waals surface area (Å²) in [7, 11) is 0. The largest absolute Gasteiger partial charge is 0.391 e. The van der Waals surface area contributed by atoms with E-state index in [-0.39, 0.29) is 6.03 Å². The third kappa shape index (κ3) is 3.01. The molecule has 0 unspecified atom stereocenters. The molecule has 6 heteroatoms. The fourth-order valence-electron chi connectivity index (χ4n) is 2.05. The van der Waals surface area contributed by atoms with Crippen molar-refractivity contribution in [2.45, 2.75) is 32.9 Å². The van der Waals surface area contributed by atoms with Gasteiger partial charge in [0, 0.05) is 25.7 Å². The number of aliphatic hydroxyl groups excluding tert-OH is 1. The number of aromatic nitrogens is 2. The molecule has 2 rings (SSSR count). The van der Waals surface area contributed by atoms with Crippen molar-refractivity contribution in [1.29, 1.82) is 0 Å². The van der Waals surface area contributed by atoms with Crippen LogP contribution in [0.15, 0.2) is 12.3 Å². The number of anilines is 1. The lowest BCUT2D eigenvalue weighted by atomic mass is 10.2. The number of carbonyl (C=O) groups excluding carboxylic acids is 1. The smallest absolute Gasteiger partial charge is 0.323 e. The van der Waals surface area contributed by atoms with E-state index < -0.39 is 6.10 Å². The first-order chi connectivity index (χ1) is 8.56. The number of hydrogen-bond donors (Lipinski definition) is 2. The lowest BCUT2D eigenvalue weighted by Gasteiger charge is -2.17. The Labute approximate surface area is 107 Å². The molecule has 0 spiro atoms. The molecule has 6 nitrogen and oxygen atoms in total. The summed E-state index contributed by atoms with van der Waals surface area (Å²) < 4.78 is 1.79. The highest BCUT2D eigenvalue weighted by molar-refractivity contribution is 5.88. The number of β-amino-alcohol motifs (C(OH)–C–C–N with tert-alkyl or cyclic N) is 1. The molecule has 1 saturated heterocycles. The van der Waals surface area contributed by atoms with E-state index in [0.29, 0.717) is 31.2 Å². The third-order valence-corrected chi connectivity index (χ3v) is 2.94. The molecule has 100 valence electrons. The Morgan fingerprint density at radius 3 is 3.06 bits per heavy atom. The number of carbonyl (C=O) groups is 1. The Morgan fingerprint density at radius 2 is 2.44 bits per heavy atom. The quantitative estimate of drug-likeness (QED) is 0.847. The summed E-state index contributed by atoms with van der Waals surface area (Å²) in [6, 6.07) is 1.62. The maximum atomic E-state index is 12.0. The van der Waals surface area contributed by atoms with Crippen LogP contribution >= 0.6 is 0 Å². The molecule has 1 aromatic rings. The van der Waals surface area contributed by atoms with Gasteiger partial charge in [-0.05, 0) is 12.3 Å². The molecule has 1 aromatic heterocycles. The van der Waals surface area contributed by atoms with E-state index in [1.165, 1.54) is 0 Å². The number of nitrogens with one attached hydrogen (secondary N) is 1. The van der Waals surface area contributed by atoms with Crippen LogP contribution in [0.5, 0.6) is 0 Å². The maximum Gasteiger partial charge on any atom is 0.323 e. The first-order valence-electron chi connectivity index (χ1n) is 6.32. The van der Waals surface area contributed by atoms with E-state index in [2.05, 4.69) is 24.3 Å². The highest BCUT2D eigenvalue weighted by Gasteiger charge is 2.25. The summed E-state index contributed by atoms with van der Waals surface area (Å²) in [6.45, 7) is 5.98. The van der Waals surface area contributed by atoms with Gasteiger partial charge in [-0.25, -0.2) is 9.48 Å². The minimum absolute atomic E-state index is 0.169.